The number of halogens is 1. The van der Waals surface area contributed by atoms with Crippen LogP contribution in [-0.4, -0.2) is 51.0 Å². The van der Waals surface area contributed by atoms with Crippen LogP contribution < -0.4 is 4.74 Å². The Morgan fingerprint density at radius 1 is 1.23 bits per heavy atom. The molecule has 8 heteroatoms. The fourth-order valence-corrected chi connectivity index (χ4v) is 4.77. The molecule has 2 aromatic carbocycles. The van der Waals surface area contributed by atoms with E-state index < -0.39 is 0 Å². The number of nitrogens with zero attached hydrogens (tertiary/aromatic N) is 4. The number of rotatable bonds is 7. The Kier molecular flexibility index (Phi) is 6.59. The molecule has 156 valence electrons. The SMILES string of the molecule is COc1ccc(-n2cnnc2SCC(=O)N2CCCC2Cc2ccccc2Cl)cc1. The van der Waals surface area contributed by atoms with Crippen molar-refractivity contribution in [1.29, 1.82) is 0 Å². The van der Waals surface area contributed by atoms with Crippen LogP contribution in [-0.2, 0) is 11.2 Å². The molecule has 0 radical (unpaired) electrons. The fraction of sp³-hybridized carbons (Fsp3) is 0.318. The van der Waals surface area contributed by atoms with E-state index in [0.29, 0.717) is 10.9 Å². The van der Waals surface area contributed by atoms with Crippen LogP contribution >= 0.6 is 23.4 Å². The molecule has 6 nitrogen and oxygen atoms in total. The molecule has 2 heterocycles. The number of amides is 1. The minimum absolute atomic E-state index is 0.124. The summed E-state index contributed by atoms with van der Waals surface area (Å²) in [6.45, 7) is 0.791. The van der Waals surface area contributed by atoms with E-state index in [-0.39, 0.29) is 11.9 Å². The molecule has 30 heavy (non-hydrogen) atoms. The molecule has 1 atom stereocenters. The highest BCUT2D eigenvalue weighted by Crippen LogP contribution is 2.27. The van der Waals surface area contributed by atoms with Crippen LogP contribution in [0.15, 0.2) is 60.0 Å². The Morgan fingerprint density at radius 2 is 2.03 bits per heavy atom. The largest absolute Gasteiger partial charge is 0.497 e. The number of hydrogen-bond acceptors (Lipinski definition) is 5. The van der Waals surface area contributed by atoms with Crippen LogP contribution in [0.3, 0.4) is 0 Å². The summed E-state index contributed by atoms with van der Waals surface area (Å²) in [6.07, 6.45) is 4.47. The number of thioether (sulfide) groups is 1. The van der Waals surface area contributed by atoms with E-state index in [9.17, 15) is 4.79 Å². The van der Waals surface area contributed by atoms with E-state index >= 15 is 0 Å². The van der Waals surface area contributed by atoms with Gasteiger partial charge in [0.05, 0.1) is 12.9 Å². The lowest BCUT2D eigenvalue weighted by Gasteiger charge is -2.25. The minimum atomic E-state index is 0.124. The van der Waals surface area contributed by atoms with Crippen molar-refractivity contribution in [3.63, 3.8) is 0 Å². The van der Waals surface area contributed by atoms with Crippen LogP contribution in [0.5, 0.6) is 5.75 Å². The molecule has 3 aromatic rings. The van der Waals surface area contributed by atoms with Crippen LogP contribution in [0.1, 0.15) is 18.4 Å². The molecular formula is C22H23ClN4O2S. The first-order valence-electron chi connectivity index (χ1n) is 9.86. The second-order valence-electron chi connectivity index (χ2n) is 7.15. The summed E-state index contributed by atoms with van der Waals surface area (Å²) in [5.41, 5.74) is 2.02. The van der Waals surface area contributed by atoms with E-state index in [1.165, 1.54) is 11.8 Å². The topological polar surface area (TPSA) is 60.2 Å². The zero-order valence-electron chi connectivity index (χ0n) is 16.7. The number of benzene rings is 2. The summed E-state index contributed by atoms with van der Waals surface area (Å²) in [6, 6.07) is 15.7. The first-order chi connectivity index (χ1) is 14.7. The molecule has 1 aliphatic rings. The van der Waals surface area contributed by atoms with Gasteiger partial charge in [-0.2, -0.15) is 0 Å². The Hall–Kier alpha value is -2.51. The summed E-state index contributed by atoms with van der Waals surface area (Å²) in [4.78, 5) is 14.9. The Balaban J connectivity index is 1.40. The third-order valence-electron chi connectivity index (χ3n) is 5.30. The molecule has 1 aromatic heterocycles. The number of carbonyl (C=O) groups excluding carboxylic acids is 1. The zero-order chi connectivity index (χ0) is 20.9. The number of carbonyl (C=O) groups is 1. The first kappa shape index (κ1) is 20.8. The van der Waals surface area contributed by atoms with Crippen LogP contribution in [0, 0.1) is 0 Å². The summed E-state index contributed by atoms with van der Waals surface area (Å²) < 4.78 is 7.09. The van der Waals surface area contributed by atoms with Gasteiger partial charge in [0.1, 0.15) is 12.1 Å². The van der Waals surface area contributed by atoms with E-state index in [0.717, 1.165) is 47.8 Å². The first-order valence-corrected chi connectivity index (χ1v) is 11.2. The van der Waals surface area contributed by atoms with Gasteiger partial charge in [-0.1, -0.05) is 41.6 Å². The molecule has 0 saturated carbocycles. The Bertz CT molecular complexity index is 1010. The highest BCUT2D eigenvalue weighted by atomic mass is 35.5. The molecule has 1 saturated heterocycles. The van der Waals surface area contributed by atoms with Gasteiger partial charge < -0.3 is 9.64 Å². The van der Waals surface area contributed by atoms with Crippen molar-refractivity contribution in [2.24, 2.45) is 0 Å². The third-order valence-corrected chi connectivity index (χ3v) is 6.60. The van der Waals surface area contributed by atoms with Gasteiger partial charge >= 0.3 is 0 Å². The molecule has 1 unspecified atom stereocenters. The smallest absolute Gasteiger partial charge is 0.233 e. The average molecular weight is 443 g/mol. The number of likely N-dealkylation sites (tertiary alicyclic amines) is 1. The highest BCUT2D eigenvalue weighted by Gasteiger charge is 2.29. The van der Waals surface area contributed by atoms with Crippen molar-refractivity contribution in [2.75, 3.05) is 19.4 Å². The molecule has 0 aliphatic carbocycles. The quantitative estimate of drug-likeness (QED) is 0.512. The third kappa shape index (κ3) is 4.63. The normalized spacial score (nSPS) is 16.1. The van der Waals surface area contributed by atoms with Crippen molar-refractivity contribution in [3.05, 3.63) is 65.4 Å². The maximum Gasteiger partial charge on any atom is 0.233 e. The zero-order valence-corrected chi connectivity index (χ0v) is 18.3. The minimum Gasteiger partial charge on any atom is -0.497 e. The summed E-state index contributed by atoms with van der Waals surface area (Å²) in [5.74, 6) is 1.24. The van der Waals surface area contributed by atoms with Gasteiger partial charge in [0.15, 0.2) is 5.16 Å². The summed E-state index contributed by atoms with van der Waals surface area (Å²) in [7, 11) is 1.64. The highest BCUT2D eigenvalue weighted by molar-refractivity contribution is 7.99. The van der Waals surface area contributed by atoms with Gasteiger partial charge in [0.2, 0.25) is 5.91 Å². The Labute approximate surface area is 185 Å². The summed E-state index contributed by atoms with van der Waals surface area (Å²) >= 11 is 7.73. The standard InChI is InChI=1S/C22H23ClN4O2S/c1-29-19-10-8-17(9-11-19)27-15-24-25-22(27)30-14-21(28)26-12-4-6-18(26)13-16-5-2-3-7-20(16)23/h2-3,5,7-11,15,18H,4,6,12-14H2,1H3. The monoisotopic (exact) mass is 442 g/mol. The van der Waals surface area contributed by atoms with E-state index in [2.05, 4.69) is 10.2 Å². The van der Waals surface area contributed by atoms with Gasteiger partial charge in [0, 0.05) is 23.3 Å². The lowest BCUT2D eigenvalue weighted by Crippen LogP contribution is -2.38. The average Bonchev–Trinajstić information content (AvgIpc) is 3.43. The molecule has 0 N–H and O–H groups in total. The fourth-order valence-electron chi connectivity index (χ4n) is 3.75. The Morgan fingerprint density at radius 3 is 2.80 bits per heavy atom. The lowest BCUT2D eigenvalue weighted by atomic mass is 10.0. The predicted molar refractivity (Wildman–Crippen MR) is 119 cm³/mol. The maximum absolute atomic E-state index is 13.0. The van der Waals surface area contributed by atoms with Gasteiger partial charge in [-0.25, -0.2) is 0 Å². The van der Waals surface area contributed by atoms with Crippen molar-refractivity contribution in [2.45, 2.75) is 30.5 Å². The molecule has 1 aliphatic heterocycles. The maximum atomic E-state index is 13.0. The van der Waals surface area contributed by atoms with E-state index in [1.54, 1.807) is 13.4 Å². The van der Waals surface area contributed by atoms with Gasteiger partial charge in [-0.15, -0.1) is 10.2 Å². The summed E-state index contributed by atoms with van der Waals surface area (Å²) in [5, 5.41) is 9.66. The number of methoxy groups -OCH3 is 1. The van der Waals surface area contributed by atoms with Crippen molar-refractivity contribution in [3.8, 4) is 11.4 Å². The van der Waals surface area contributed by atoms with Crippen molar-refractivity contribution < 1.29 is 9.53 Å². The van der Waals surface area contributed by atoms with E-state index in [1.807, 2.05) is 58.0 Å². The predicted octanol–water partition coefficient (Wildman–Crippen LogP) is 4.26. The number of ether oxygens (including phenoxy) is 1. The molecule has 4 rings (SSSR count). The van der Waals surface area contributed by atoms with Crippen molar-refractivity contribution in [1.82, 2.24) is 19.7 Å². The second-order valence-corrected chi connectivity index (χ2v) is 8.50. The number of hydrogen-bond donors (Lipinski definition) is 0. The van der Waals surface area contributed by atoms with Gasteiger partial charge in [0.25, 0.3) is 0 Å². The van der Waals surface area contributed by atoms with E-state index in [4.69, 9.17) is 16.3 Å². The second kappa shape index (κ2) is 9.53. The molecule has 0 bridgehead atoms. The number of aromatic nitrogens is 3. The van der Waals surface area contributed by atoms with Gasteiger partial charge in [-0.3, -0.25) is 9.36 Å². The van der Waals surface area contributed by atoms with Crippen molar-refractivity contribution >= 4 is 29.3 Å². The molecule has 1 fully saturated rings. The molecule has 0 spiro atoms. The molecular weight excluding hydrogens is 420 g/mol. The van der Waals surface area contributed by atoms with Crippen LogP contribution in [0.4, 0.5) is 0 Å². The molecule has 1 amide bonds. The van der Waals surface area contributed by atoms with Crippen LogP contribution in [0.25, 0.3) is 5.69 Å². The lowest BCUT2D eigenvalue weighted by molar-refractivity contribution is -0.129. The van der Waals surface area contributed by atoms with Crippen LogP contribution in [0.2, 0.25) is 5.02 Å². The van der Waals surface area contributed by atoms with Gasteiger partial charge in [-0.05, 0) is 55.2 Å².